The van der Waals surface area contributed by atoms with Crippen LogP contribution in [0.1, 0.15) is 5.56 Å². The molecule has 0 saturated carbocycles. The second-order valence-corrected chi connectivity index (χ2v) is 7.42. The molecule has 10 heteroatoms. The summed E-state index contributed by atoms with van der Waals surface area (Å²) in [6.45, 7) is 3.31. The van der Waals surface area contributed by atoms with Crippen LogP contribution in [-0.4, -0.2) is 43.0 Å². The van der Waals surface area contributed by atoms with Crippen LogP contribution in [0.3, 0.4) is 0 Å². The largest absolute Gasteiger partial charge is 0.493 e. The maximum Gasteiger partial charge on any atom is 0.329 e. The highest BCUT2D eigenvalue weighted by molar-refractivity contribution is 9.10. The van der Waals surface area contributed by atoms with Crippen molar-refractivity contribution in [2.24, 2.45) is 0 Å². The predicted molar refractivity (Wildman–Crippen MR) is 120 cm³/mol. The Morgan fingerprint density at radius 3 is 2.62 bits per heavy atom. The standard InChI is InChI=1S/C22H19BrFN3O5/c1-3-8-27-21(29)17(26-22(27)30)9-13-10-18(31-2)19(11-16(13)23)32-12-20(28)25-15-6-4-14(24)5-7-15/h3-7,9-11H,1,8,12H2,2H3,(H,25,28)(H,26,30)/b17-9+. The van der Waals surface area contributed by atoms with Gasteiger partial charge >= 0.3 is 6.03 Å². The summed E-state index contributed by atoms with van der Waals surface area (Å²) in [6, 6.07) is 7.99. The van der Waals surface area contributed by atoms with E-state index in [0.29, 0.717) is 21.5 Å². The quantitative estimate of drug-likeness (QED) is 0.325. The van der Waals surface area contributed by atoms with E-state index in [1.54, 1.807) is 12.1 Å². The summed E-state index contributed by atoms with van der Waals surface area (Å²) in [5.41, 5.74) is 1.09. The summed E-state index contributed by atoms with van der Waals surface area (Å²) in [6.07, 6.45) is 2.96. The number of hydrogen-bond acceptors (Lipinski definition) is 5. The van der Waals surface area contributed by atoms with Crippen molar-refractivity contribution in [1.82, 2.24) is 10.2 Å². The number of hydrogen-bond donors (Lipinski definition) is 2. The van der Waals surface area contributed by atoms with E-state index in [-0.39, 0.29) is 24.6 Å². The predicted octanol–water partition coefficient (Wildman–Crippen LogP) is 3.69. The minimum absolute atomic E-state index is 0.0965. The van der Waals surface area contributed by atoms with Crippen LogP contribution in [0.4, 0.5) is 14.9 Å². The van der Waals surface area contributed by atoms with Crippen molar-refractivity contribution in [3.63, 3.8) is 0 Å². The van der Waals surface area contributed by atoms with Crippen molar-refractivity contribution < 1.29 is 28.2 Å². The zero-order valence-electron chi connectivity index (χ0n) is 17.0. The van der Waals surface area contributed by atoms with Gasteiger partial charge in [-0.25, -0.2) is 9.18 Å². The second-order valence-electron chi connectivity index (χ2n) is 6.56. The molecule has 1 aliphatic rings. The number of rotatable bonds is 8. The summed E-state index contributed by atoms with van der Waals surface area (Å²) >= 11 is 3.40. The maximum absolute atomic E-state index is 13.0. The lowest BCUT2D eigenvalue weighted by molar-refractivity contribution is -0.122. The van der Waals surface area contributed by atoms with E-state index in [1.807, 2.05) is 0 Å². The molecule has 0 unspecified atom stereocenters. The number of carbonyl (C=O) groups excluding carboxylic acids is 3. The highest BCUT2D eigenvalue weighted by Gasteiger charge is 2.32. The molecule has 0 aliphatic carbocycles. The van der Waals surface area contributed by atoms with E-state index in [1.165, 1.54) is 43.5 Å². The Morgan fingerprint density at radius 1 is 1.25 bits per heavy atom. The van der Waals surface area contributed by atoms with E-state index in [4.69, 9.17) is 9.47 Å². The molecule has 32 heavy (non-hydrogen) atoms. The lowest BCUT2D eigenvalue weighted by Crippen LogP contribution is -2.30. The third-order valence-electron chi connectivity index (χ3n) is 4.34. The number of nitrogens with zero attached hydrogens (tertiary/aromatic N) is 1. The second kappa shape index (κ2) is 10.1. The molecule has 0 bridgehead atoms. The number of benzene rings is 2. The molecular formula is C22H19BrFN3O5. The number of urea groups is 1. The first-order chi connectivity index (χ1) is 15.3. The molecule has 1 heterocycles. The van der Waals surface area contributed by atoms with Gasteiger partial charge in [0.25, 0.3) is 11.8 Å². The van der Waals surface area contributed by atoms with Crippen LogP contribution in [0.15, 0.2) is 59.2 Å². The molecule has 8 nitrogen and oxygen atoms in total. The van der Waals surface area contributed by atoms with E-state index in [9.17, 15) is 18.8 Å². The number of carbonyl (C=O) groups is 3. The minimum atomic E-state index is -0.531. The van der Waals surface area contributed by atoms with E-state index >= 15 is 0 Å². The third-order valence-corrected chi connectivity index (χ3v) is 5.03. The Bertz CT molecular complexity index is 1100. The van der Waals surface area contributed by atoms with Gasteiger partial charge in [-0.2, -0.15) is 0 Å². The number of amides is 4. The molecule has 2 N–H and O–H groups in total. The van der Waals surface area contributed by atoms with Gasteiger partial charge in [-0.05, 0) is 48.0 Å². The molecule has 1 saturated heterocycles. The Morgan fingerprint density at radius 2 is 1.97 bits per heavy atom. The fraction of sp³-hybridized carbons (Fsp3) is 0.136. The molecule has 2 aromatic carbocycles. The van der Waals surface area contributed by atoms with Gasteiger partial charge < -0.3 is 20.1 Å². The molecule has 0 spiro atoms. The van der Waals surface area contributed by atoms with Gasteiger partial charge in [0.05, 0.1) is 7.11 Å². The zero-order chi connectivity index (χ0) is 23.3. The van der Waals surface area contributed by atoms with Gasteiger partial charge in [-0.1, -0.05) is 22.0 Å². The van der Waals surface area contributed by atoms with Crippen LogP contribution in [0.25, 0.3) is 6.08 Å². The average Bonchev–Trinajstić information content (AvgIpc) is 3.03. The molecular weight excluding hydrogens is 485 g/mol. The Balaban J connectivity index is 1.73. The monoisotopic (exact) mass is 503 g/mol. The first-order valence-electron chi connectivity index (χ1n) is 9.33. The van der Waals surface area contributed by atoms with Gasteiger partial charge in [0, 0.05) is 16.7 Å². The smallest absolute Gasteiger partial charge is 0.329 e. The van der Waals surface area contributed by atoms with Crippen LogP contribution >= 0.6 is 15.9 Å². The van der Waals surface area contributed by atoms with Crippen molar-refractivity contribution in [2.45, 2.75) is 0 Å². The number of halogens is 2. The number of nitrogens with one attached hydrogen (secondary N) is 2. The molecule has 3 rings (SSSR count). The molecule has 0 radical (unpaired) electrons. The van der Waals surface area contributed by atoms with Crippen LogP contribution in [0.2, 0.25) is 0 Å². The van der Waals surface area contributed by atoms with E-state index in [0.717, 1.165) is 4.90 Å². The van der Waals surface area contributed by atoms with Crippen molar-refractivity contribution in [2.75, 3.05) is 25.6 Å². The van der Waals surface area contributed by atoms with Gasteiger partial charge in [0.15, 0.2) is 18.1 Å². The topological polar surface area (TPSA) is 97.0 Å². The molecule has 166 valence electrons. The van der Waals surface area contributed by atoms with E-state index < -0.39 is 23.7 Å². The van der Waals surface area contributed by atoms with Crippen LogP contribution < -0.4 is 20.1 Å². The number of anilines is 1. The summed E-state index contributed by atoms with van der Waals surface area (Å²) < 4.78 is 24.4. The number of imide groups is 1. The van der Waals surface area contributed by atoms with Gasteiger partial charge in [0.2, 0.25) is 0 Å². The zero-order valence-corrected chi connectivity index (χ0v) is 18.6. The SMILES string of the molecule is C=CCN1C(=O)N/C(=C/c2cc(OC)c(OCC(=O)Nc3ccc(F)cc3)cc2Br)C1=O. The van der Waals surface area contributed by atoms with Crippen LogP contribution in [0.5, 0.6) is 11.5 Å². The van der Waals surface area contributed by atoms with Gasteiger partial charge in [-0.15, -0.1) is 6.58 Å². The molecule has 0 atom stereocenters. The lowest BCUT2D eigenvalue weighted by Gasteiger charge is -2.13. The molecule has 1 aliphatic heterocycles. The lowest BCUT2D eigenvalue weighted by atomic mass is 10.1. The Hall–Kier alpha value is -3.66. The van der Waals surface area contributed by atoms with Crippen LogP contribution in [-0.2, 0) is 9.59 Å². The highest BCUT2D eigenvalue weighted by atomic mass is 79.9. The fourth-order valence-corrected chi connectivity index (χ4v) is 3.27. The van der Waals surface area contributed by atoms with Crippen molar-refractivity contribution in [3.05, 3.63) is 70.6 Å². The maximum atomic E-state index is 13.0. The normalized spacial score (nSPS) is 14.3. The summed E-state index contributed by atoms with van der Waals surface area (Å²) in [7, 11) is 1.43. The fourth-order valence-electron chi connectivity index (χ4n) is 2.83. The molecule has 1 fully saturated rings. The Labute approximate surface area is 191 Å². The van der Waals surface area contributed by atoms with Crippen LogP contribution in [0, 0.1) is 5.82 Å². The summed E-state index contributed by atoms with van der Waals surface area (Å²) in [5.74, 6) is -0.725. The first-order valence-corrected chi connectivity index (χ1v) is 10.1. The first kappa shape index (κ1) is 23.0. The third kappa shape index (κ3) is 5.33. The molecule has 2 aromatic rings. The number of methoxy groups -OCH3 is 1. The van der Waals surface area contributed by atoms with Crippen molar-refractivity contribution in [1.29, 1.82) is 0 Å². The average molecular weight is 504 g/mol. The summed E-state index contributed by atoms with van der Waals surface area (Å²) in [4.78, 5) is 37.5. The van der Waals surface area contributed by atoms with Gasteiger partial charge in [0.1, 0.15) is 11.5 Å². The number of ether oxygens (including phenoxy) is 2. The minimum Gasteiger partial charge on any atom is -0.493 e. The summed E-state index contributed by atoms with van der Waals surface area (Å²) in [5, 5.41) is 5.11. The van der Waals surface area contributed by atoms with Gasteiger partial charge in [-0.3, -0.25) is 14.5 Å². The highest BCUT2D eigenvalue weighted by Crippen LogP contribution is 2.35. The molecule has 4 amide bonds. The molecule has 0 aromatic heterocycles. The Kier molecular flexibility index (Phi) is 7.26. The van der Waals surface area contributed by atoms with E-state index in [2.05, 4.69) is 33.1 Å². The van der Waals surface area contributed by atoms with Crippen molar-refractivity contribution in [3.8, 4) is 11.5 Å². The van der Waals surface area contributed by atoms with Crippen molar-refractivity contribution >= 4 is 45.5 Å².